The molecule has 150 valence electrons. The predicted octanol–water partition coefficient (Wildman–Crippen LogP) is 4.89. The molecule has 2 N–H and O–H groups in total. The first-order valence-electron chi connectivity index (χ1n) is 8.58. The highest BCUT2D eigenvalue weighted by Crippen LogP contribution is 2.39. The molecule has 3 rings (SSSR count). The van der Waals surface area contributed by atoms with Gasteiger partial charge in [-0.05, 0) is 39.1 Å². The topological polar surface area (TPSA) is 44.0 Å². The van der Waals surface area contributed by atoms with Gasteiger partial charge in [0.05, 0.1) is 16.6 Å². The first-order chi connectivity index (χ1) is 12.5. The molecule has 1 fully saturated rings. The molecule has 1 aromatic carbocycles. The van der Waals surface area contributed by atoms with E-state index in [4.69, 9.17) is 0 Å². The summed E-state index contributed by atoms with van der Waals surface area (Å²) in [6, 6.07) is 0.883. The van der Waals surface area contributed by atoms with Gasteiger partial charge in [-0.1, -0.05) is 12.8 Å². The molecular formula is C17H20F6N4. The molecule has 27 heavy (non-hydrogen) atoms. The maximum absolute atomic E-state index is 13.3. The molecule has 0 radical (unpaired) electrons. The average Bonchev–Trinajstić information content (AvgIpc) is 2.94. The summed E-state index contributed by atoms with van der Waals surface area (Å²) in [4.78, 5) is 8.53. The molecule has 1 aliphatic rings. The van der Waals surface area contributed by atoms with Crippen LogP contribution in [0.15, 0.2) is 12.1 Å². The van der Waals surface area contributed by atoms with Crippen LogP contribution in [0.5, 0.6) is 0 Å². The fourth-order valence-corrected chi connectivity index (χ4v) is 3.64. The Morgan fingerprint density at radius 2 is 1.70 bits per heavy atom. The van der Waals surface area contributed by atoms with Crippen molar-refractivity contribution in [2.75, 3.05) is 19.4 Å². The smallest absolute Gasteiger partial charge is 0.351 e. The zero-order valence-corrected chi connectivity index (χ0v) is 14.8. The van der Waals surface area contributed by atoms with E-state index in [-0.39, 0.29) is 29.6 Å². The van der Waals surface area contributed by atoms with E-state index in [0.717, 1.165) is 25.7 Å². The summed E-state index contributed by atoms with van der Waals surface area (Å²) in [7, 11) is 3.83. The van der Waals surface area contributed by atoms with Gasteiger partial charge in [0.15, 0.2) is 0 Å². The van der Waals surface area contributed by atoms with E-state index < -0.39 is 29.0 Å². The van der Waals surface area contributed by atoms with Gasteiger partial charge < -0.3 is 15.2 Å². The summed E-state index contributed by atoms with van der Waals surface area (Å²) >= 11 is 0. The van der Waals surface area contributed by atoms with Crippen LogP contribution >= 0.6 is 0 Å². The Bertz CT molecular complexity index is 808. The van der Waals surface area contributed by atoms with Crippen molar-refractivity contribution in [2.24, 2.45) is 0 Å². The number of halogens is 6. The highest BCUT2D eigenvalue weighted by molar-refractivity contribution is 5.82. The first kappa shape index (κ1) is 19.8. The van der Waals surface area contributed by atoms with Gasteiger partial charge in [-0.3, -0.25) is 0 Å². The molecular weight excluding hydrogens is 374 g/mol. The summed E-state index contributed by atoms with van der Waals surface area (Å²) < 4.78 is 78.8. The van der Waals surface area contributed by atoms with E-state index in [0.29, 0.717) is 6.07 Å². The van der Waals surface area contributed by atoms with E-state index in [1.54, 1.807) is 0 Å². The molecule has 2 aromatic rings. The number of benzene rings is 1. The predicted molar refractivity (Wildman–Crippen MR) is 89.5 cm³/mol. The molecule has 1 aliphatic carbocycles. The first-order valence-corrected chi connectivity index (χ1v) is 8.58. The van der Waals surface area contributed by atoms with Gasteiger partial charge in [0.1, 0.15) is 5.52 Å². The summed E-state index contributed by atoms with van der Waals surface area (Å²) in [5, 5.41) is 3.08. The van der Waals surface area contributed by atoms with Gasteiger partial charge in [0.2, 0.25) is 5.95 Å². The fraction of sp³-hybridized carbons (Fsp3) is 0.588. The summed E-state index contributed by atoms with van der Waals surface area (Å²) in [5.74, 6) is 0.0496. The number of hydrogen-bond donors (Lipinski definition) is 2. The number of aromatic nitrogens is 2. The number of hydrogen-bond acceptors (Lipinski definition) is 3. The van der Waals surface area contributed by atoms with Crippen LogP contribution in [0.2, 0.25) is 0 Å². The van der Waals surface area contributed by atoms with Crippen molar-refractivity contribution in [1.29, 1.82) is 0 Å². The van der Waals surface area contributed by atoms with Crippen molar-refractivity contribution in [1.82, 2.24) is 14.9 Å². The normalized spacial score (nSPS) is 21.8. The highest BCUT2D eigenvalue weighted by Gasteiger charge is 2.39. The van der Waals surface area contributed by atoms with Crippen LogP contribution in [0.3, 0.4) is 0 Å². The average molecular weight is 394 g/mol. The highest BCUT2D eigenvalue weighted by atomic mass is 19.4. The molecule has 1 saturated carbocycles. The van der Waals surface area contributed by atoms with Gasteiger partial charge in [0, 0.05) is 12.1 Å². The van der Waals surface area contributed by atoms with E-state index >= 15 is 0 Å². The van der Waals surface area contributed by atoms with Crippen molar-refractivity contribution in [3.8, 4) is 0 Å². The van der Waals surface area contributed by atoms with Crippen LogP contribution in [-0.4, -0.2) is 41.0 Å². The molecule has 0 saturated heterocycles. The number of imidazole rings is 1. The van der Waals surface area contributed by atoms with E-state index in [1.807, 2.05) is 19.0 Å². The monoisotopic (exact) mass is 394 g/mol. The minimum absolute atomic E-state index is 0.0496. The number of H-pyrrole nitrogens is 1. The quantitative estimate of drug-likeness (QED) is 0.729. The SMILES string of the molecule is CN(C)[C@@H]1CCCC[C@H]1Nc1nc2c(C(F)(F)F)cc(C(F)(F)F)cc2[nH]1. The van der Waals surface area contributed by atoms with Gasteiger partial charge in [-0.2, -0.15) is 26.3 Å². The van der Waals surface area contributed by atoms with Crippen molar-refractivity contribution in [2.45, 2.75) is 50.1 Å². The Morgan fingerprint density at radius 1 is 1.04 bits per heavy atom. The fourth-order valence-electron chi connectivity index (χ4n) is 3.64. The molecule has 1 heterocycles. The Balaban J connectivity index is 2.01. The molecule has 0 aliphatic heterocycles. The van der Waals surface area contributed by atoms with E-state index in [1.165, 1.54) is 0 Å². The van der Waals surface area contributed by atoms with E-state index in [2.05, 4.69) is 15.3 Å². The zero-order valence-electron chi connectivity index (χ0n) is 14.8. The van der Waals surface area contributed by atoms with Crippen molar-refractivity contribution in [3.05, 3.63) is 23.3 Å². The number of rotatable bonds is 3. The number of nitrogens with zero attached hydrogens (tertiary/aromatic N) is 2. The van der Waals surface area contributed by atoms with Crippen LogP contribution in [0, 0.1) is 0 Å². The minimum atomic E-state index is -4.94. The number of aromatic amines is 1. The third-order valence-electron chi connectivity index (χ3n) is 4.93. The lowest BCUT2D eigenvalue weighted by Gasteiger charge is -2.36. The van der Waals surface area contributed by atoms with Crippen molar-refractivity contribution in [3.63, 3.8) is 0 Å². The second-order valence-corrected chi connectivity index (χ2v) is 7.07. The third kappa shape index (κ3) is 4.15. The molecule has 1 aromatic heterocycles. The lowest BCUT2D eigenvalue weighted by Crippen LogP contribution is -2.45. The van der Waals surface area contributed by atoms with Gasteiger partial charge in [-0.15, -0.1) is 0 Å². The lowest BCUT2D eigenvalue weighted by molar-refractivity contribution is -0.142. The molecule has 0 unspecified atom stereocenters. The second-order valence-electron chi connectivity index (χ2n) is 7.07. The summed E-state index contributed by atoms with van der Waals surface area (Å²) in [5.41, 5.74) is -3.57. The third-order valence-corrected chi connectivity index (χ3v) is 4.93. The zero-order chi connectivity index (χ0) is 20.0. The molecule has 0 bridgehead atoms. The summed E-state index contributed by atoms with van der Waals surface area (Å²) in [6.45, 7) is 0. The van der Waals surface area contributed by atoms with Crippen LogP contribution in [0.25, 0.3) is 11.0 Å². The maximum Gasteiger partial charge on any atom is 0.418 e. The van der Waals surface area contributed by atoms with Crippen LogP contribution in [-0.2, 0) is 12.4 Å². The second kappa shape index (κ2) is 6.88. The van der Waals surface area contributed by atoms with Crippen molar-refractivity contribution >= 4 is 17.0 Å². The van der Waals surface area contributed by atoms with Gasteiger partial charge in [0.25, 0.3) is 0 Å². The Morgan fingerprint density at radius 3 is 2.30 bits per heavy atom. The Kier molecular flexibility index (Phi) is 5.04. The molecule has 0 amide bonds. The Hall–Kier alpha value is -1.97. The number of nitrogens with one attached hydrogen (secondary N) is 2. The Labute approximate surface area is 151 Å². The molecule has 4 nitrogen and oxygen atoms in total. The largest absolute Gasteiger partial charge is 0.418 e. The number of alkyl halides is 6. The number of anilines is 1. The minimum Gasteiger partial charge on any atom is -0.351 e. The number of fused-ring (bicyclic) bond motifs is 1. The molecule has 10 heteroatoms. The van der Waals surface area contributed by atoms with Crippen LogP contribution in [0.1, 0.15) is 36.8 Å². The number of likely N-dealkylation sites (N-methyl/N-ethyl adjacent to an activating group) is 1. The van der Waals surface area contributed by atoms with Gasteiger partial charge >= 0.3 is 12.4 Å². The lowest BCUT2D eigenvalue weighted by atomic mass is 9.90. The van der Waals surface area contributed by atoms with Crippen LogP contribution < -0.4 is 5.32 Å². The van der Waals surface area contributed by atoms with Crippen LogP contribution in [0.4, 0.5) is 32.3 Å². The summed E-state index contributed by atoms with van der Waals surface area (Å²) in [6.07, 6.45) is -6.07. The van der Waals surface area contributed by atoms with E-state index in [9.17, 15) is 26.3 Å². The van der Waals surface area contributed by atoms with Crippen molar-refractivity contribution < 1.29 is 26.3 Å². The molecule has 2 atom stereocenters. The van der Waals surface area contributed by atoms with Gasteiger partial charge in [-0.25, -0.2) is 4.98 Å². The standard InChI is InChI=1S/C17H20F6N4/c1-27(2)13-6-4-3-5-11(13)24-15-25-12-8-9(16(18,19)20)7-10(14(12)26-15)17(21,22)23/h7-8,11,13H,3-6H2,1-2H3,(H2,24,25,26)/t11-,13-/m1/s1. The molecule has 0 spiro atoms. The maximum atomic E-state index is 13.3.